The number of carbonyl (C=O) groups is 1. The van der Waals surface area contributed by atoms with E-state index in [0.29, 0.717) is 17.2 Å². The molecule has 0 saturated heterocycles. The Kier molecular flexibility index (Phi) is 4.89. The minimum Gasteiger partial charge on any atom is -0.298 e. The summed E-state index contributed by atoms with van der Waals surface area (Å²) in [6, 6.07) is 8.15. The highest BCUT2D eigenvalue weighted by atomic mass is 35.5. The zero-order valence-corrected chi connectivity index (χ0v) is 13.4. The molecule has 0 aliphatic heterocycles. The summed E-state index contributed by atoms with van der Waals surface area (Å²) in [5.74, 6) is 0.603. The highest BCUT2D eigenvalue weighted by Gasteiger charge is 2.14. The number of aryl methyl sites for hydroxylation is 3. The lowest BCUT2D eigenvalue weighted by Crippen LogP contribution is -2.10. The molecular weight excluding hydrogens is 292 g/mol. The summed E-state index contributed by atoms with van der Waals surface area (Å²) < 4.78 is 1.69. The molecule has 0 N–H and O–H groups in total. The second kappa shape index (κ2) is 6.46. The summed E-state index contributed by atoms with van der Waals surface area (Å²) in [4.78, 5) is 13.2. The van der Waals surface area contributed by atoms with Crippen molar-refractivity contribution in [2.24, 2.45) is 7.05 Å². The first-order valence-electron chi connectivity index (χ1n) is 6.36. The normalized spacial score (nSPS) is 10.8. The molecule has 2 aromatic rings. The van der Waals surface area contributed by atoms with Crippen LogP contribution in [-0.4, -0.2) is 21.3 Å². The van der Waals surface area contributed by atoms with Crippen molar-refractivity contribution >= 4 is 29.1 Å². The molecule has 106 valence electrons. The Bertz CT molecular complexity index is 637. The lowest BCUT2D eigenvalue weighted by atomic mass is 10.2. The summed E-state index contributed by atoms with van der Waals surface area (Å²) >= 11 is 7.71. The Morgan fingerprint density at radius 2 is 2.15 bits per heavy atom. The molecule has 0 spiro atoms. The quantitative estimate of drug-likeness (QED) is 0.792. The van der Waals surface area contributed by atoms with Gasteiger partial charge in [-0.15, -0.1) is 11.8 Å². The SMILES string of the molecule is Cc1cccc(SCC(=O)Cc2c(Cl)c(C)nn2C)c1. The number of hydrogen-bond donors (Lipinski definition) is 0. The van der Waals surface area contributed by atoms with Crippen molar-refractivity contribution in [1.29, 1.82) is 0 Å². The van der Waals surface area contributed by atoms with Gasteiger partial charge in [0.1, 0.15) is 5.78 Å². The monoisotopic (exact) mass is 308 g/mol. The summed E-state index contributed by atoms with van der Waals surface area (Å²) in [5.41, 5.74) is 2.76. The summed E-state index contributed by atoms with van der Waals surface area (Å²) in [6.45, 7) is 3.89. The van der Waals surface area contributed by atoms with E-state index < -0.39 is 0 Å². The number of Topliss-reactive ketones (excluding diaryl/α,β-unsaturated/α-hetero) is 1. The third-order valence-electron chi connectivity index (χ3n) is 3.02. The molecule has 0 aliphatic rings. The van der Waals surface area contributed by atoms with Gasteiger partial charge >= 0.3 is 0 Å². The molecule has 1 aromatic carbocycles. The molecule has 3 nitrogen and oxygen atoms in total. The van der Waals surface area contributed by atoms with Gasteiger partial charge in [0, 0.05) is 11.9 Å². The van der Waals surface area contributed by atoms with Gasteiger partial charge in [0.15, 0.2) is 0 Å². The lowest BCUT2D eigenvalue weighted by Gasteiger charge is -2.04. The number of carbonyl (C=O) groups excluding carboxylic acids is 1. The van der Waals surface area contributed by atoms with Crippen LogP contribution >= 0.6 is 23.4 Å². The Balaban J connectivity index is 1.96. The lowest BCUT2D eigenvalue weighted by molar-refractivity contribution is -0.116. The largest absolute Gasteiger partial charge is 0.298 e. The number of halogens is 1. The van der Waals surface area contributed by atoms with Gasteiger partial charge in [-0.3, -0.25) is 9.48 Å². The van der Waals surface area contributed by atoms with Crippen molar-refractivity contribution in [1.82, 2.24) is 9.78 Å². The average Bonchev–Trinajstić information content (AvgIpc) is 2.63. The van der Waals surface area contributed by atoms with Crippen LogP contribution in [0.1, 0.15) is 17.0 Å². The van der Waals surface area contributed by atoms with Crippen LogP contribution in [0, 0.1) is 13.8 Å². The minimum atomic E-state index is 0.154. The maximum atomic E-state index is 12.1. The number of thioether (sulfide) groups is 1. The number of nitrogens with zero attached hydrogens (tertiary/aromatic N) is 2. The van der Waals surface area contributed by atoms with Crippen molar-refractivity contribution in [3.8, 4) is 0 Å². The smallest absolute Gasteiger partial charge is 0.149 e. The zero-order chi connectivity index (χ0) is 14.7. The van der Waals surface area contributed by atoms with Gasteiger partial charge < -0.3 is 0 Å². The molecule has 5 heteroatoms. The van der Waals surface area contributed by atoms with Gasteiger partial charge in [-0.25, -0.2) is 0 Å². The third-order valence-corrected chi connectivity index (χ3v) is 4.56. The van der Waals surface area contributed by atoms with Gasteiger partial charge in [-0.1, -0.05) is 29.3 Å². The van der Waals surface area contributed by atoms with E-state index in [-0.39, 0.29) is 5.78 Å². The third kappa shape index (κ3) is 3.64. The highest BCUT2D eigenvalue weighted by Crippen LogP contribution is 2.22. The van der Waals surface area contributed by atoms with E-state index in [2.05, 4.69) is 11.2 Å². The molecule has 0 unspecified atom stereocenters. The highest BCUT2D eigenvalue weighted by molar-refractivity contribution is 8.00. The van der Waals surface area contributed by atoms with E-state index >= 15 is 0 Å². The first kappa shape index (κ1) is 15.1. The number of benzene rings is 1. The van der Waals surface area contributed by atoms with Crippen LogP contribution in [0.2, 0.25) is 5.02 Å². The second-order valence-electron chi connectivity index (χ2n) is 4.79. The van der Waals surface area contributed by atoms with Crippen molar-refractivity contribution in [2.45, 2.75) is 25.2 Å². The van der Waals surface area contributed by atoms with Gasteiger partial charge in [0.25, 0.3) is 0 Å². The molecule has 0 aliphatic carbocycles. The summed E-state index contributed by atoms with van der Waals surface area (Å²) in [7, 11) is 1.81. The molecule has 0 amide bonds. The molecule has 1 heterocycles. The standard InChI is InChI=1S/C15H17ClN2OS/c1-10-5-4-6-13(7-10)20-9-12(19)8-14-15(16)11(2)17-18(14)3/h4-7H,8-9H2,1-3H3. The second-order valence-corrected chi connectivity index (χ2v) is 6.22. The van der Waals surface area contributed by atoms with Gasteiger partial charge in [0.05, 0.1) is 28.6 Å². The van der Waals surface area contributed by atoms with E-state index in [1.165, 1.54) is 5.56 Å². The number of hydrogen-bond acceptors (Lipinski definition) is 3. The minimum absolute atomic E-state index is 0.154. The van der Waals surface area contributed by atoms with Crippen LogP contribution in [0.5, 0.6) is 0 Å². The maximum absolute atomic E-state index is 12.1. The Hall–Kier alpha value is -1.26. The van der Waals surface area contributed by atoms with Crippen LogP contribution in [-0.2, 0) is 18.3 Å². The summed E-state index contributed by atoms with van der Waals surface area (Å²) in [5, 5.41) is 4.82. The fraction of sp³-hybridized carbons (Fsp3) is 0.333. The van der Waals surface area contributed by atoms with Crippen LogP contribution in [0.3, 0.4) is 0 Å². The predicted molar refractivity (Wildman–Crippen MR) is 83.6 cm³/mol. The molecule has 0 fully saturated rings. The summed E-state index contributed by atoms with van der Waals surface area (Å²) in [6.07, 6.45) is 0.328. The van der Waals surface area contributed by atoms with E-state index in [4.69, 9.17) is 11.6 Å². The molecule has 1 aromatic heterocycles. The molecule has 2 rings (SSSR count). The van der Waals surface area contributed by atoms with E-state index in [0.717, 1.165) is 16.3 Å². The van der Waals surface area contributed by atoms with Crippen molar-refractivity contribution < 1.29 is 4.79 Å². The predicted octanol–water partition coefficient (Wildman–Crippen LogP) is 3.59. The molecule has 20 heavy (non-hydrogen) atoms. The Morgan fingerprint density at radius 3 is 2.75 bits per heavy atom. The first-order valence-corrected chi connectivity index (χ1v) is 7.73. The topological polar surface area (TPSA) is 34.9 Å². The molecule has 0 bridgehead atoms. The van der Waals surface area contributed by atoms with E-state index in [1.807, 2.05) is 39.1 Å². The number of ketones is 1. The molecule has 0 saturated carbocycles. The van der Waals surface area contributed by atoms with Crippen LogP contribution in [0.25, 0.3) is 0 Å². The molecular formula is C15H17ClN2OS. The van der Waals surface area contributed by atoms with Crippen molar-refractivity contribution in [2.75, 3.05) is 5.75 Å². The molecule has 0 atom stereocenters. The van der Waals surface area contributed by atoms with Gasteiger partial charge in [0.2, 0.25) is 0 Å². The average molecular weight is 309 g/mol. The zero-order valence-electron chi connectivity index (χ0n) is 11.8. The van der Waals surface area contributed by atoms with E-state index in [9.17, 15) is 4.79 Å². The van der Waals surface area contributed by atoms with E-state index in [1.54, 1.807) is 16.4 Å². The van der Waals surface area contributed by atoms with Crippen molar-refractivity contribution in [3.63, 3.8) is 0 Å². The fourth-order valence-corrected chi connectivity index (χ4v) is 3.08. The fourth-order valence-electron chi connectivity index (χ4n) is 1.98. The maximum Gasteiger partial charge on any atom is 0.149 e. The first-order chi connectivity index (χ1) is 9.47. The van der Waals surface area contributed by atoms with Gasteiger partial charge in [-0.05, 0) is 26.0 Å². The van der Waals surface area contributed by atoms with Crippen LogP contribution < -0.4 is 0 Å². The number of aromatic nitrogens is 2. The van der Waals surface area contributed by atoms with Crippen LogP contribution in [0.4, 0.5) is 0 Å². The van der Waals surface area contributed by atoms with Crippen LogP contribution in [0.15, 0.2) is 29.2 Å². The molecule has 0 radical (unpaired) electrons. The Labute approximate surface area is 128 Å². The number of rotatable bonds is 5. The van der Waals surface area contributed by atoms with Crippen molar-refractivity contribution in [3.05, 3.63) is 46.2 Å². The van der Waals surface area contributed by atoms with Gasteiger partial charge in [-0.2, -0.15) is 5.10 Å². The Morgan fingerprint density at radius 1 is 1.40 bits per heavy atom.